The Labute approximate surface area is 122 Å². The third-order valence-electron chi connectivity index (χ3n) is 3.90. The molecule has 106 valence electrons. The van der Waals surface area contributed by atoms with Gasteiger partial charge < -0.3 is 5.32 Å². The molecule has 0 bridgehead atoms. The monoisotopic (exact) mass is 278 g/mol. The fourth-order valence-electron chi connectivity index (χ4n) is 2.82. The van der Waals surface area contributed by atoms with Crippen LogP contribution in [-0.2, 0) is 0 Å². The van der Waals surface area contributed by atoms with Gasteiger partial charge in [0.05, 0.1) is 0 Å². The van der Waals surface area contributed by atoms with E-state index in [4.69, 9.17) is 0 Å². The second-order valence-corrected chi connectivity index (χ2v) is 6.65. The molecule has 0 aliphatic carbocycles. The van der Waals surface area contributed by atoms with Gasteiger partial charge in [0.2, 0.25) is 0 Å². The van der Waals surface area contributed by atoms with Gasteiger partial charge in [0, 0.05) is 31.7 Å². The van der Waals surface area contributed by atoms with E-state index in [1.807, 2.05) is 11.8 Å². The lowest BCUT2D eigenvalue weighted by molar-refractivity contribution is 0.127. The molecule has 3 atom stereocenters. The highest BCUT2D eigenvalue weighted by Gasteiger charge is 2.26. The number of piperazine rings is 1. The summed E-state index contributed by atoms with van der Waals surface area (Å²) in [4.78, 5) is 2.65. The highest BCUT2D eigenvalue weighted by atomic mass is 32.2. The minimum atomic E-state index is 0.485. The fourth-order valence-corrected chi connectivity index (χ4v) is 3.50. The highest BCUT2D eigenvalue weighted by Crippen LogP contribution is 2.21. The molecule has 1 N–H and O–H groups in total. The van der Waals surface area contributed by atoms with Crippen LogP contribution in [0, 0.1) is 5.92 Å². The average molecular weight is 278 g/mol. The van der Waals surface area contributed by atoms with Crippen molar-refractivity contribution in [3.05, 3.63) is 35.9 Å². The van der Waals surface area contributed by atoms with E-state index >= 15 is 0 Å². The van der Waals surface area contributed by atoms with Gasteiger partial charge in [-0.3, -0.25) is 4.90 Å². The number of benzene rings is 1. The summed E-state index contributed by atoms with van der Waals surface area (Å²) < 4.78 is 0. The fraction of sp³-hybridized carbons (Fsp3) is 0.625. The first kappa shape index (κ1) is 14.9. The molecular weight excluding hydrogens is 252 g/mol. The molecule has 0 radical (unpaired) electrons. The van der Waals surface area contributed by atoms with E-state index in [0.29, 0.717) is 12.1 Å². The summed E-state index contributed by atoms with van der Waals surface area (Å²) in [5.41, 5.74) is 1.41. The molecule has 0 aromatic heterocycles. The molecular formula is C16H26N2S. The summed E-state index contributed by atoms with van der Waals surface area (Å²) >= 11 is 1.95. The minimum Gasteiger partial charge on any atom is -0.307 e. The third kappa shape index (κ3) is 4.23. The molecule has 19 heavy (non-hydrogen) atoms. The van der Waals surface area contributed by atoms with Crippen LogP contribution in [0.4, 0.5) is 0 Å². The standard InChI is InChI=1S/C16H26N2S/c1-13(12-19-3)10-18-11-16(17-9-14(18)2)15-7-5-4-6-8-15/h4-8,13-14,16-17H,9-12H2,1-3H3. The molecule has 0 amide bonds. The number of nitrogens with zero attached hydrogens (tertiary/aromatic N) is 1. The molecule has 3 heteroatoms. The second-order valence-electron chi connectivity index (χ2n) is 5.73. The van der Waals surface area contributed by atoms with Crippen LogP contribution in [-0.4, -0.2) is 42.6 Å². The maximum absolute atomic E-state index is 3.67. The van der Waals surface area contributed by atoms with Crippen molar-refractivity contribution < 1.29 is 0 Å². The van der Waals surface area contributed by atoms with E-state index in [1.165, 1.54) is 17.9 Å². The molecule has 2 nitrogen and oxygen atoms in total. The van der Waals surface area contributed by atoms with E-state index in [9.17, 15) is 0 Å². The Morgan fingerprint density at radius 1 is 1.37 bits per heavy atom. The SMILES string of the molecule is CSCC(C)CN1CC(c2ccccc2)NCC1C. The summed E-state index contributed by atoms with van der Waals surface area (Å²) in [6, 6.07) is 12.0. The van der Waals surface area contributed by atoms with Crippen LogP contribution in [0.15, 0.2) is 30.3 Å². The van der Waals surface area contributed by atoms with E-state index in [-0.39, 0.29) is 0 Å². The normalized spacial score (nSPS) is 26.3. The zero-order valence-electron chi connectivity index (χ0n) is 12.3. The van der Waals surface area contributed by atoms with Crippen molar-refractivity contribution in [2.45, 2.75) is 25.9 Å². The largest absolute Gasteiger partial charge is 0.307 e. The maximum Gasteiger partial charge on any atom is 0.0449 e. The lowest BCUT2D eigenvalue weighted by Gasteiger charge is -2.40. The van der Waals surface area contributed by atoms with Gasteiger partial charge in [-0.2, -0.15) is 11.8 Å². The Morgan fingerprint density at radius 3 is 2.79 bits per heavy atom. The van der Waals surface area contributed by atoms with Crippen molar-refractivity contribution in [1.29, 1.82) is 0 Å². The summed E-state index contributed by atoms with van der Waals surface area (Å²) in [7, 11) is 0. The van der Waals surface area contributed by atoms with E-state index in [1.54, 1.807) is 0 Å². The van der Waals surface area contributed by atoms with Gasteiger partial charge in [0.25, 0.3) is 0 Å². The molecule has 1 aliphatic heterocycles. The van der Waals surface area contributed by atoms with Crippen molar-refractivity contribution in [3.63, 3.8) is 0 Å². The van der Waals surface area contributed by atoms with Gasteiger partial charge in [-0.05, 0) is 30.4 Å². The van der Waals surface area contributed by atoms with Gasteiger partial charge in [0.1, 0.15) is 0 Å². The molecule has 2 rings (SSSR count). The molecule has 1 aromatic carbocycles. The Balaban J connectivity index is 1.96. The third-order valence-corrected chi connectivity index (χ3v) is 4.80. The Morgan fingerprint density at radius 2 is 2.11 bits per heavy atom. The Hall–Kier alpha value is -0.510. The van der Waals surface area contributed by atoms with Gasteiger partial charge in [0.15, 0.2) is 0 Å². The van der Waals surface area contributed by atoms with Gasteiger partial charge >= 0.3 is 0 Å². The van der Waals surface area contributed by atoms with Crippen LogP contribution in [0.1, 0.15) is 25.5 Å². The lowest BCUT2D eigenvalue weighted by atomic mass is 10.0. The number of thioether (sulfide) groups is 1. The van der Waals surface area contributed by atoms with Crippen molar-refractivity contribution >= 4 is 11.8 Å². The first-order valence-corrected chi connectivity index (χ1v) is 8.61. The molecule has 0 spiro atoms. The average Bonchev–Trinajstić information content (AvgIpc) is 2.42. The molecule has 1 aromatic rings. The van der Waals surface area contributed by atoms with Crippen LogP contribution in [0.25, 0.3) is 0 Å². The topological polar surface area (TPSA) is 15.3 Å². The van der Waals surface area contributed by atoms with Crippen LogP contribution in [0.2, 0.25) is 0 Å². The predicted octanol–water partition coefficient (Wildman–Crippen LogP) is 3.02. The minimum absolute atomic E-state index is 0.485. The smallest absolute Gasteiger partial charge is 0.0449 e. The summed E-state index contributed by atoms with van der Waals surface area (Å²) in [5, 5.41) is 3.67. The van der Waals surface area contributed by atoms with Gasteiger partial charge in [-0.1, -0.05) is 37.3 Å². The first-order chi connectivity index (χ1) is 9.20. The molecule has 0 saturated carbocycles. The van der Waals surface area contributed by atoms with Crippen molar-refractivity contribution in [3.8, 4) is 0 Å². The first-order valence-electron chi connectivity index (χ1n) is 7.22. The lowest BCUT2D eigenvalue weighted by Crippen LogP contribution is -2.52. The Bertz CT molecular complexity index is 368. The highest BCUT2D eigenvalue weighted by molar-refractivity contribution is 7.98. The molecule has 1 fully saturated rings. The van der Waals surface area contributed by atoms with Crippen LogP contribution < -0.4 is 5.32 Å². The number of rotatable bonds is 5. The van der Waals surface area contributed by atoms with E-state index < -0.39 is 0 Å². The molecule has 1 aliphatic rings. The van der Waals surface area contributed by atoms with E-state index in [0.717, 1.165) is 19.0 Å². The van der Waals surface area contributed by atoms with E-state index in [2.05, 4.69) is 60.7 Å². The quantitative estimate of drug-likeness (QED) is 0.891. The van der Waals surface area contributed by atoms with Crippen molar-refractivity contribution in [1.82, 2.24) is 10.2 Å². The summed E-state index contributed by atoms with van der Waals surface area (Å²) in [6.45, 7) is 8.13. The van der Waals surface area contributed by atoms with Crippen LogP contribution in [0.5, 0.6) is 0 Å². The second kappa shape index (κ2) is 7.32. The summed E-state index contributed by atoms with van der Waals surface area (Å²) in [6.07, 6.45) is 2.20. The zero-order chi connectivity index (χ0) is 13.7. The van der Waals surface area contributed by atoms with Gasteiger partial charge in [-0.15, -0.1) is 0 Å². The number of hydrogen-bond donors (Lipinski definition) is 1. The maximum atomic E-state index is 3.67. The molecule has 3 unspecified atom stereocenters. The number of hydrogen-bond acceptors (Lipinski definition) is 3. The summed E-state index contributed by atoms with van der Waals surface area (Å²) in [5.74, 6) is 2.03. The molecule has 1 saturated heterocycles. The van der Waals surface area contributed by atoms with Crippen LogP contribution >= 0.6 is 11.8 Å². The van der Waals surface area contributed by atoms with Crippen molar-refractivity contribution in [2.24, 2.45) is 5.92 Å². The van der Waals surface area contributed by atoms with Crippen LogP contribution in [0.3, 0.4) is 0 Å². The zero-order valence-corrected chi connectivity index (χ0v) is 13.1. The van der Waals surface area contributed by atoms with Crippen molar-refractivity contribution in [2.75, 3.05) is 31.6 Å². The predicted molar refractivity (Wildman–Crippen MR) is 85.8 cm³/mol. The van der Waals surface area contributed by atoms with Gasteiger partial charge in [-0.25, -0.2) is 0 Å². The number of nitrogens with one attached hydrogen (secondary N) is 1. The Kier molecular flexibility index (Phi) is 5.74. The molecule has 1 heterocycles.